The van der Waals surface area contributed by atoms with E-state index in [1.165, 1.54) is 0 Å². The average Bonchev–Trinajstić information content (AvgIpc) is 2.98. The van der Waals surface area contributed by atoms with Gasteiger partial charge in [0.15, 0.2) is 0 Å². The van der Waals surface area contributed by atoms with Gasteiger partial charge in [-0.1, -0.05) is 24.3 Å². The maximum Gasteiger partial charge on any atom is 0.272 e. The molecule has 1 aromatic carbocycles. The van der Waals surface area contributed by atoms with Crippen LogP contribution in [0.2, 0.25) is 0 Å². The molecular formula is C21H25N3O3. The summed E-state index contributed by atoms with van der Waals surface area (Å²) in [5.41, 5.74) is 0.454. The fraction of sp³-hybridized carbons (Fsp3) is 0.381. The molecule has 1 fully saturated rings. The van der Waals surface area contributed by atoms with Gasteiger partial charge >= 0.3 is 0 Å². The lowest BCUT2D eigenvalue weighted by atomic mass is 10.2. The SMILES string of the molecule is O=C(CCCOc1ccccc1)N1CCCN(C(=O)c2ccccn2)CC1. The minimum absolute atomic E-state index is 0.0684. The van der Waals surface area contributed by atoms with Crippen molar-refractivity contribution >= 4 is 11.8 Å². The molecule has 0 radical (unpaired) electrons. The molecular weight excluding hydrogens is 342 g/mol. The molecule has 27 heavy (non-hydrogen) atoms. The molecule has 142 valence electrons. The lowest BCUT2D eigenvalue weighted by molar-refractivity contribution is -0.131. The van der Waals surface area contributed by atoms with Gasteiger partial charge in [-0.3, -0.25) is 14.6 Å². The van der Waals surface area contributed by atoms with Crippen molar-refractivity contribution in [2.24, 2.45) is 0 Å². The van der Waals surface area contributed by atoms with Gasteiger partial charge in [0.1, 0.15) is 11.4 Å². The fourth-order valence-electron chi connectivity index (χ4n) is 3.11. The van der Waals surface area contributed by atoms with Crippen molar-refractivity contribution in [1.82, 2.24) is 14.8 Å². The molecule has 0 N–H and O–H groups in total. The molecule has 6 heteroatoms. The minimum Gasteiger partial charge on any atom is -0.494 e. The van der Waals surface area contributed by atoms with Crippen LogP contribution in [0.1, 0.15) is 29.8 Å². The van der Waals surface area contributed by atoms with Crippen LogP contribution >= 0.6 is 0 Å². The molecule has 0 atom stereocenters. The number of carbonyl (C=O) groups excluding carboxylic acids is 2. The van der Waals surface area contributed by atoms with Crippen molar-refractivity contribution < 1.29 is 14.3 Å². The predicted molar refractivity (Wildman–Crippen MR) is 103 cm³/mol. The Morgan fingerprint density at radius 1 is 0.926 bits per heavy atom. The Morgan fingerprint density at radius 3 is 2.44 bits per heavy atom. The highest BCUT2D eigenvalue weighted by Crippen LogP contribution is 2.11. The van der Waals surface area contributed by atoms with Gasteiger partial charge in [0.2, 0.25) is 5.91 Å². The maximum absolute atomic E-state index is 12.5. The third-order valence-electron chi connectivity index (χ3n) is 4.57. The standard InChI is InChI=1S/C21H25N3O3/c25-20(11-6-17-27-18-8-2-1-3-9-18)23-13-7-14-24(16-15-23)21(26)19-10-4-5-12-22-19/h1-5,8-10,12H,6-7,11,13-17H2. The first kappa shape index (κ1) is 18.9. The van der Waals surface area contributed by atoms with E-state index in [-0.39, 0.29) is 11.8 Å². The molecule has 1 saturated heterocycles. The number of pyridine rings is 1. The van der Waals surface area contributed by atoms with E-state index in [0.717, 1.165) is 12.2 Å². The van der Waals surface area contributed by atoms with Crippen LogP contribution in [-0.4, -0.2) is 59.4 Å². The summed E-state index contributed by atoms with van der Waals surface area (Å²) < 4.78 is 5.64. The van der Waals surface area contributed by atoms with Gasteiger partial charge in [0.25, 0.3) is 5.91 Å². The largest absolute Gasteiger partial charge is 0.494 e. The van der Waals surface area contributed by atoms with Crippen LogP contribution in [0, 0.1) is 0 Å². The number of carbonyl (C=O) groups is 2. The molecule has 1 aliphatic rings. The first-order chi connectivity index (χ1) is 13.2. The molecule has 2 heterocycles. The number of hydrogen-bond acceptors (Lipinski definition) is 4. The predicted octanol–water partition coefficient (Wildman–Crippen LogP) is 2.62. The molecule has 0 aliphatic carbocycles. The second-order valence-electron chi connectivity index (χ2n) is 6.51. The highest BCUT2D eigenvalue weighted by Gasteiger charge is 2.23. The molecule has 2 aromatic rings. The third-order valence-corrected chi connectivity index (χ3v) is 4.57. The van der Waals surface area contributed by atoms with Crippen molar-refractivity contribution in [3.8, 4) is 5.75 Å². The number of para-hydroxylation sites is 1. The normalized spacial score (nSPS) is 14.5. The number of benzene rings is 1. The zero-order valence-corrected chi connectivity index (χ0v) is 15.4. The van der Waals surface area contributed by atoms with E-state index in [9.17, 15) is 9.59 Å². The lowest BCUT2D eigenvalue weighted by Gasteiger charge is -2.22. The van der Waals surface area contributed by atoms with Crippen LogP contribution in [-0.2, 0) is 4.79 Å². The summed E-state index contributed by atoms with van der Waals surface area (Å²) >= 11 is 0. The van der Waals surface area contributed by atoms with E-state index < -0.39 is 0 Å². The van der Waals surface area contributed by atoms with Gasteiger partial charge in [-0.2, -0.15) is 0 Å². The van der Waals surface area contributed by atoms with Crippen molar-refractivity contribution in [1.29, 1.82) is 0 Å². The van der Waals surface area contributed by atoms with E-state index in [0.29, 0.717) is 51.3 Å². The Bertz CT molecular complexity index is 737. The molecule has 0 spiro atoms. The Hall–Kier alpha value is -2.89. The van der Waals surface area contributed by atoms with Crippen LogP contribution in [0.5, 0.6) is 5.75 Å². The zero-order valence-electron chi connectivity index (χ0n) is 15.4. The number of ether oxygens (including phenoxy) is 1. The lowest BCUT2D eigenvalue weighted by Crippen LogP contribution is -2.37. The maximum atomic E-state index is 12.5. The number of hydrogen-bond donors (Lipinski definition) is 0. The van der Waals surface area contributed by atoms with E-state index in [1.807, 2.05) is 41.3 Å². The number of aromatic nitrogens is 1. The van der Waals surface area contributed by atoms with E-state index >= 15 is 0 Å². The molecule has 0 bridgehead atoms. The van der Waals surface area contributed by atoms with Crippen molar-refractivity contribution in [3.05, 3.63) is 60.4 Å². The Kier molecular flexibility index (Phi) is 6.79. The van der Waals surface area contributed by atoms with Crippen LogP contribution in [0.3, 0.4) is 0 Å². The van der Waals surface area contributed by atoms with Gasteiger partial charge in [-0.05, 0) is 37.1 Å². The smallest absolute Gasteiger partial charge is 0.272 e. The third kappa shape index (κ3) is 5.54. The number of rotatable bonds is 6. The molecule has 3 rings (SSSR count). The number of nitrogens with zero attached hydrogens (tertiary/aromatic N) is 3. The summed E-state index contributed by atoms with van der Waals surface area (Å²) in [5, 5.41) is 0. The van der Waals surface area contributed by atoms with Crippen molar-refractivity contribution in [2.45, 2.75) is 19.3 Å². The summed E-state index contributed by atoms with van der Waals surface area (Å²) in [5.74, 6) is 0.878. The van der Waals surface area contributed by atoms with Gasteiger partial charge < -0.3 is 14.5 Å². The van der Waals surface area contributed by atoms with E-state index in [4.69, 9.17) is 4.74 Å². The van der Waals surface area contributed by atoms with E-state index in [1.54, 1.807) is 23.2 Å². The molecule has 1 aliphatic heterocycles. The van der Waals surface area contributed by atoms with Gasteiger partial charge in [-0.15, -0.1) is 0 Å². The van der Waals surface area contributed by atoms with Crippen molar-refractivity contribution in [2.75, 3.05) is 32.8 Å². The molecule has 0 unspecified atom stereocenters. The first-order valence-electron chi connectivity index (χ1n) is 9.40. The zero-order chi connectivity index (χ0) is 18.9. The molecule has 2 amide bonds. The highest BCUT2D eigenvalue weighted by atomic mass is 16.5. The highest BCUT2D eigenvalue weighted by molar-refractivity contribution is 5.92. The summed E-state index contributed by atoms with van der Waals surface area (Å²) in [6.07, 6.45) is 3.55. The van der Waals surface area contributed by atoms with Gasteiger partial charge in [-0.25, -0.2) is 0 Å². The average molecular weight is 367 g/mol. The number of amides is 2. The molecule has 1 aromatic heterocycles. The van der Waals surface area contributed by atoms with Gasteiger partial charge in [0.05, 0.1) is 6.61 Å². The fourth-order valence-corrected chi connectivity index (χ4v) is 3.11. The Morgan fingerprint density at radius 2 is 1.67 bits per heavy atom. The summed E-state index contributed by atoms with van der Waals surface area (Å²) in [6.45, 7) is 2.97. The summed E-state index contributed by atoms with van der Waals surface area (Å²) in [7, 11) is 0. The first-order valence-corrected chi connectivity index (χ1v) is 9.40. The minimum atomic E-state index is -0.0684. The molecule has 6 nitrogen and oxygen atoms in total. The van der Waals surface area contributed by atoms with Crippen molar-refractivity contribution in [3.63, 3.8) is 0 Å². The van der Waals surface area contributed by atoms with E-state index in [2.05, 4.69) is 4.98 Å². The monoisotopic (exact) mass is 367 g/mol. The van der Waals surface area contributed by atoms with Crippen LogP contribution in [0.4, 0.5) is 0 Å². The Labute approximate surface area is 159 Å². The summed E-state index contributed by atoms with van der Waals surface area (Å²) in [4.78, 5) is 32.8. The van der Waals surface area contributed by atoms with Crippen LogP contribution < -0.4 is 4.74 Å². The van der Waals surface area contributed by atoms with Crippen LogP contribution in [0.15, 0.2) is 54.7 Å². The second-order valence-corrected chi connectivity index (χ2v) is 6.51. The topological polar surface area (TPSA) is 62.7 Å². The summed E-state index contributed by atoms with van der Waals surface area (Å²) in [6, 6.07) is 14.9. The second kappa shape index (κ2) is 9.71. The van der Waals surface area contributed by atoms with Crippen LogP contribution in [0.25, 0.3) is 0 Å². The Balaban J connectivity index is 1.42. The quantitative estimate of drug-likeness (QED) is 0.737. The van der Waals surface area contributed by atoms with Gasteiger partial charge in [0, 0.05) is 38.8 Å². The molecule has 0 saturated carbocycles.